The second-order valence-electron chi connectivity index (χ2n) is 6.98. The number of rotatable bonds is 8. The van der Waals surface area contributed by atoms with Gasteiger partial charge in [-0.05, 0) is 47.5 Å². The molecule has 0 radical (unpaired) electrons. The molecular weight excluding hydrogens is 429 g/mol. The van der Waals surface area contributed by atoms with Gasteiger partial charge < -0.3 is 16.4 Å². The molecule has 0 atom stereocenters. The minimum Gasteiger partial charge on any atom is -0.365 e. The molecule has 0 unspecified atom stereocenters. The van der Waals surface area contributed by atoms with Crippen LogP contribution < -0.4 is 16.4 Å². The zero-order chi connectivity index (χ0) is 23.8. The van der Waals surface area contributed by atoms with E-state index in [1.54, 1.807) is 18.2 Å². The van der Waals surface area contributed by atoms with E-state index < -0.39 is 29.4 Å². The third kappa shape index (κ3) is 6.03. The van der Waals surface area contributed by atoms with Gasteiger partial charge in [0.25, 0.3) is 23.6 Å². The number of aliphatic imine (C=N–C) groups is 1. The number of ketones is 1. The van der Waals surface area contributed by atoms with Crippen molar-refractivity contribution in [2.24, 2.45) is 15.9 Å². The number of Topliss-reactive ketones (excluding diaryl/α,β-unsaturated/α-hetero) is 1. The number of nitrogens with two attached hydrogens (primary N) is 1. The number of nitrogens with one attached hydrogen (secondary N) is 2. The number of nitroso groups, excluding NO2 is 1. The van der Waals surface area contributed by atoms with Crippen LogP contribution in [0.15, 0.2) is 70.8 Å². The Bertz CT molecular complexity index is 1260. The van der Waals surface area contributed by atoms with Crippen LogP contribution in [-0.2, 0) is 4.79 Å². The molecule has 0 saturated carbocycles. The molecule has 3 aromatic rings. The molecule has 0 aliphatic heterocycles. The van der Waals surface area contributed by atoms with Gasteiger partial charge >= 0.3 is 0 Å². The third-order valence-electron chi connectivity index (χ3n) is 4.68. The van der Waals surface area contributed by atoms with Gasteiger partial charge in [-0.2, -0.15) is 0 Å². The molecule has 0 bridgehead atoms. The molecule has 0 aliphatic carbocycles. The number of hydrogen-bond donors (Lipinski definition) is 3. The van der Waals surface area contributed by atoms with Gasteiger partial charge in [0.1, 0.15) is 5.82 Å². The molecule has 3 aromatic carbocycles. The summed E-state index contributed by atoms with van der Waals surface area (Å²) in [6.07, 6.45) is 0.296. The first-order valence-electron chi connectivity index (χ1n) is 9.94. The second-order valence-corrected chi connectivity index (χ2v) is 6.98. The lowest BCUT2D eigenvalue weighted by molar-refractivity contribution is -0.117. The van der Waals surface area contributed by atoms with Gasteiger partial charge in [0.2, 0.25) is 0 Å². The van der Waals surface area contributed by atoms with Gasteiger partial charge in [-0.15, -0.1) is 4.91 Å². The van der Waals surface area contributed by atoms with Gasteiger partial charge in [0, 0.05) is 23.8 Å². The van der Waals surface area contributed by atoms with Crippen LogP contribution in [0.4, 0.5) is 10.1 Å². The fraction of sp³-hybridized carbons (Fsp3) is 0.130. The summed E-state index contributed by atoms with van der Waals surface area (Å²) in [5, 5.41) is 9.20. The van der Waals surface area contributed by atoms with Crippen LogP contribution in [0, 0.1) is 10.7 Å². The van der Waals surface area contributed by atoms with Gasteiger partial charge in [0.05, 0.1) is 11.3 Å². The summed E-state index contributed by atoms with van der Waals surface area (Å²) in [6, 6.07) is 15.8. The molecule has 168 valence electrons. The van der Waals surface area contributed by atoms with E-state index in [2.05, 4.69) is 20.8 Å². The van der Waals surface area contributed by atoms with Crippen LogP contribution >= 0.6 is 0 Å². The first-order chi connectivity index (χ1) is 15.9. The van der Waals surface area contributed by atoms with Crippen molar-refractivity contribution < 1.29 is 18.8 Å². The molecule has 10 heteroatoms. The Labute approximate surface area is 187 Å². The Morgan fingerprint density at radius 1 is 0.970 bits per heavy atom. The maximum Gasteiger partial charge on any atom is 0.292 e. The van der Waals surface area contributed by atoms with Crippen molar-refractivity contribution in [1.82, 2.24) is 5.32 Å². The standard InChI is InChI=1S/C23H20FN5O4/c24-17-8-9-19(28-21(31)16-7-6-14-4-1-2-5-15(14)12-16)18(13-17)20(30)22(32)26-10-3-11-27-23(25)29-33/h1-2,4-9,12-13H,3,10-11H2,(H2,25,27)(H,26,32)(H,28,31). The number of carbonyl (C=O) groups excluding carboxylic acids is 3. The van der Waals surface area contributed by atoms with Gasteiger partial charge in [-0.1, -0.05) is 30.3 Å². The molecule has 2 amide bonds. The van der Waals surface area contributed by atoms with E-state index in [1.165, 1.54) is 6.07 Å². The van der Waals surface area contributed by atoms with Crippen LogP contribution in [0.1, 0.15) is 27.1 Å². The molecule has 9 nitrogen and oxygen atoms in total. The average Bonchev–Trinajstić information content (AvgIpc) is 2.83. The van der Waals surface area contributed by atoms with E-state index in [-0.39, 0.29) is 24.3 Å². The molecule has 0 aromatic heterocycles. The molecule has 0 spiro atoms. The van der Waals surface area contributed by atoms with Crippen molar-refractivity contribution in [2.75, 3.05) is 18.4 Å². The Kier molecular flexibility index (Phi) is 7.53. The minimum absolute atomic E-state index is 0.00383. The first-order valence-corrected chi connectivity index (χ1v) is 9.94. The summed E-state index contributed by atoms with van der Waals surface area (Å²) in [4.78, 5) is 51.3. The summed E-state index contributed by atoms with van der Waals surface area (Å²) in [5.41, 5.74) is 5.20. The number of halogens is 1. The molecule has 0 saturated heterocycles. The minimum atomic E-state index is -1.01. The zero-order valence-corrected chi connectivity index (χ0v) is 17.4. The number of fused-ring (bicyclic) bond motifs is 1. The topological polar surface area (TPSA) is 143 Å². The third-order valence-corrected chi connectivity index (χ3v) is 4.68. The maximum absolute atomic E-state index is 13.8. The Balaban J connectivity index is 1.71. The highest BCUT2D eigenvalue weighted by atomic mass is 19.1. The number of hydrogen-bond acceptors (Lipinski definition) is 5. The van der Waals surface area contributed by atoms with Gasteiger partial charge in [-0.25, -0.2) is 9.38 Å². The van der Waals surface area contributed by atoms with E-state index in [9.17, 15) is 23.7 Å². The maximum atomic E-state index is 13.8. The number of amides is 2. The lowest BCUT2D eigenvalue weighted by Crippen LogP contribution is -2.32. The van der Waals surface area contributed by atoms with E-state index in [1.807, 2.05) is 24.3 Å². The Morgan fingerprint density at radius 2 is 1.73 bits per heavy atom. The average molecular weight is 449 g/mol. The monoisotopic (exact) mass is 449 g/mol. The molecular formula is C23H20FN5O4. The summed E-state index contributed by atoms with van der Waals surface area (Å²) >= 11 is 0. The van der Waals surface area contributed by atoms with Crippen molar-refractivity contribution in [1.29, 1.82) is 0 Å². The number of carbonyl (C=O) groups is 3. The van der Waals surface area contributed by atoms with Gasteiger partial charge in [-0.3, -0.25) is 14.4 Å². The fourth-order valence-electron chi connectivity index (χ4n) is 3.04. The van der Waals surface area contributed by atoms with Crippen LogP contribution in [0.3, 0.4) is 0 Å². The fourth-order valence-corrected chi connectivity index (χ4v) is 3.04. The number of guanidine groups is 1. The van der Waals surface area contributed by atoms with E-state index in [4.69, 9.17) is 5.73 Å². The van der Waals surface area contributed by atoms with Crippen LogP contribution in [0.2, 0.25) is 0 Å². The molecule has 0 aliphatic rings. The second kappa shape index (κ2) is 10.7. The predicted octanol–water partition coefficient (Wildman–Crippen LogP) is 3.00. The van der Waals surface area contributed by atoms with E-state index in [0.29, 0.717) is 12.0 Å². The van der Waals surface area contributed by atoms with Crippen molar-refractivity contribution in [3.8, 4) is 0 Å². The zero-order valence-electron chi connectivity index (χ0n) is 17.4. The number of benzene rings is 3. The lowest BCUT2D eigenvalue weighted by Gasteiger charge is -2.11. The highest BCUT2D eigenvalue weighted by molar-refractivity contribution is 6.44. The Hall–Kier alpha value is -4.47. The lowest BCUT2D eigenvalue weighted by atomic mass is 10.0. The molecule has 33 heavy (non-hydrogen) atoms. The van der Waals surface area contributed by atoms with Crippen molar-refractivity contribution >= 4 is 40.0 Å². The summed E-state index contributed by atoms with van der Waals surface area (Å²) < 4.78 is 13.8. The molecule has 0 heterocycles. The van der Waals surface area contributed by atoms with E-state index in [0.717, 1.165) is 22.9 Å². The highest BCUT2D eigenvalue weighted by Gasteiger charge is 2.21. The summed E-state index contributed by atoms with van der Waals surface area (Å²) in [6.45, 7) is 0.188. The van der Waals surface area contributed by atoms with Crippen molar-refractivity contribution in [3.63, 3.8) is 0 Å². The van der Waals surface area contributed by atoms with Crippen molar-refractivity contribution in [3.05, 3.63) is 82.5 Å². The quantitative estimate of drug-likeness (QED) is 0.121. The molecule has 0 fully saturated rings. The number of nitrogens with zero attached hydrogens (tertiary/aromatic N) is 2. The molecule has 4 N–H and O–H groups in total. The highest BCUT2D eigenvalue weighted by Crippen LogP contribution is 2.21. The van der Waals surface area contributed by atoms with Gasteiger partial charge in [0.15, 0.2) is 0 Å². The SMILES string of the molecule is NC(N=O)=NCCCNC(=O)C(=O)c1cc(F)ccc1NC(=O)c1ccc2ccccc2c1. The summed E-state index contributed by atoms with van der Waals surface area (Å²) in [7, 11) is 0. The largest absolute Gasteiger partial charge is 0.365 e. The molecule has 3 rings (SSSR count). The first kappa shape index (κ1) is 23.2. The van der Waals surface area contributed by atoms with Crippen molar-refractivity contribution in [2.45, 2.75) is 6.42 Å². The predicted molar refractivity (Wildman–Crippen MR) is 123 cm³/mol. The van der Waals surface area contributed by atoms with E-state index >= 15 is 0 Å². The van der Waals surface area contributed by atoms with Crippen LogP contribution in [0.5, 0.6) is 0 Å². The Morgan fingerprint density at radius 3 is 2.48 bits per heavy atom. The number of anilines is 1. The van der Waals surface area contributed by atoms with Crippen LogP contribution in [0.25, 0.3) is 10.8 Å². The normalized spacial score (nSPS) is 11.1. The summed E-state index contributed by atoms with van der Waals surface area (Å²) in [5.74, 6) is -3.65. The smallest absolute Gasteiger partial charge is 0.292 e. The van der Waals surface area contributed by atoms with Crippen LogP contribution in [-0.4, -0.2) is 36.6 Å².